The highest BCUT2D eigenvalue weighted by Crippen LogP contribution is 2.01. The van der Waals surface area contributed by atoms with Crippen molar-refractivity contribution in [3.8, 4) is 0 Å². The summed E-state index contributed by atoms with van der Waals surface area (Å²) >= 11 is 0. The summed E-state index contributed by atoms with van der Waals surface area (Å²) in [6.45, 7) is 3.62. The molecule has 3 nitrogen and oxygen atoms in total. The lowest BCUT2D eigenvalue weighted by Gasteiger charge is -1.98. The summed E-state index contributed by atoms with van der Waals surface area (Å²) in [5.74, 6) is -0.510. The Hall–Kier alpha value is -1.51. The summed E-state index contributed by atoms with van der Waals surface area (Å²) < 4.78 is 0. The minimum atomic E-state index is -0.510. The molecule has 4 N–H and O–H groups in total. The first-order chi connectivity index (χ1) is 5.63. The lowest BCUT2D eigenvalue weighted by Crippen LogP contribution is -2.16. The van der Waals surface area contributed by atoms with E-state index in [4.69, 9.17) is 11.5 Å². The Morgan fingerprint density at radius 1 is 1.08 bits per heavy atom. The van der Waals surface area contributed by atoms with Crippen LogP contribution in [0.5, 0.6) is 0 Å². The number of rotatable bonds is 3. The van der Waals surface area contributed by atoms with E-state index in [-0.39, 0.29) is 0 Å². The summed E-state index contributed by atoms with van der Waals surface area (Å²) in [6.07, 6.45) is 6.70. The molecular weight excluding hydrogens is 152 g/mol. The molecule has 0 atom stereocenters. The summed E-state index contributed by atoms with van der Waals surface area (Å²) in [7, 11) is 0. The van der Waals surface area contributed by atoms with E-state index < -0.39 is 5.91 Å². The van der Waals surface area contributed by atoms with Crippen LogP contribution in [-0.2, 0) is 4.79 Å². The van der Waals surface area contributed by atoms with Crippen LogP contribution in [0.15, 0.2) is 35.6 Å². The van der Waals surface area contributed by atoms with Crippen molar-refractivity contribution in [2.24, 2.45) is 11.5 Å². The molecule has 0 fully saturated rings. The fraction of sp³-hybridized carbons (Fsp3) is 0.222. The van der Waals surface area contributed by atoms with Gasteiger partial charge in [0.2, 0.25) is 0 Å². The van der Waals surface area contributed by atoms with E-state index in [9.17, 15) is 4.79 Å². The number of primary amides is 1. The molecule has 0 aliphatic carbocycles. The largest absolute Gasteiger partial charge is 0.398 e. The Morgan fingerprint density at radius 3 is 1.92 bits per heavy atom. The van der Waals surface area contributed by atoms with Crippen LogP contribution in [0, 0.1) is 0 Å². The van der Waals surface area contributed by atoms with Gasteiger partial charge in [-0.05, 0) is 19.9 Å². The molecule has 0 radical (unpaired) electrons. The smallest absolute Gasteiger partial charge is 0.250 e. The average molecular weight is 166 g/mol. The van der Waals surface area contributed by atoms with Crippen molar-refractivity contribution < 1.29 is 4.79 Å². The van der Waals surface area contributed by atoms with Gasteiger partial charge in [0.25, 0.3) is 5.91 Å². The second kappa shape index (κ2) is 5.18. The molecule has 0 aromatic carbocycles. The lowest BCUT2D eigenvalue weighted by molar-refractivity contribution is -0.114. The number of allylic oxidation sites excluding steroid dienone is 3. The highest BCUT2D eigenvalue weighted by atomic mass is 16.1. The number of carbonyl (C=O) groups is 1. The first kappa shape index (κ1) is 10.5. The summed E-state index contributed by atoms with van der Waals surface area (Å²) in [5.41, 5.74) is 11.4. The van der Waals surface area contributed by atoms with E-state index in [2.05, 4.69) is 0 Å². The van der Waals surface area contributed by atoms with Gasteiger partial charge in [-0.1, -0.05) is 18.2 Å². The predicted octanol–water partition coefficient (Wildman–Crippen LogP) is 0.837. The monoisotopic (exact) mass is 166 g/mol. The third-order valence-electron chi connectivity index (χ3n) is 1.26. The molecule has 0 bridgehead atoms. The maximum absolute atomic E-state index is 10.8. The van der Waals surface area contributed by atoms with Gasteiger partial charge < -0.3 is 11.5 Å². The molecule has 3 heteroatoms. The summed E-state index contributed by atoms with van der Waals surface area (Å²) in [4.78, 5) is 10.8. The molecule has 0 rings (SSSR count). The molecule has 0 saturated carbocycles. The van der Waals surface area contributed by atoms with Crippen molar-refractivity contribution in [1.29, 1.82) is 0 Å². The van der Waals surface area contributed by atoms with Gasteiger partial charge in [-0.15, -0.1) is 0 Å². The number of carbonyl (C=O) groups excluding carboxylic acids is 1. The fourth-order valence-electron chi connectivity index (χ4n) is 0.757. The van der Waals surface area contributed by atoms with E-state index >= 15 is 0 Å². The van der Waals surface area contributed by atoms with E-state index in [0.29, 0.717) is 11.3 Å². The van der Waals surface area contributed by atoms with Crippen LogP contribution in [0.2, 0.25) is 0 Å². The molecule has 0 spiro atoms. The molecule has 0 aliphatic rings. The first-order valence-electron chi connectivity index (χ1n) is 3.68. The summed E-state index contributed by atoms with van der Waals surface area (Å²) in [6, 6.07) is 0. The van der Waals surface area contributed by atoms with Crippen LogP contribution >= 0.6 is 0 Å². The number of hydrogen-bond donors (Lipinski definition) is 2. The van der Waals surface area contributed by atoms with Gasteiger partial charge in [-0.2, -0.15) is 0 Å². The zero-order valence-electron chi connectivity index (χ0n) is 7.37. The Morgan fingerprint density at radius 2 is 1.58 bits per heavy atom. The van der Waals surface area contributed by atoms with E-state index in [0.717, 1.165) is 0 Å². The van der Waals surface area contributed by atoms with E-state index in [1.54, 1.807) is 31.2 Å². The van der Waals surface area contributed by atoms with Crippen LogP contribution in [0.25, 0.3) is 0 Å². The van der Waals surface area contributed by atoms with Gasteiger partial charge >= 0.3 is 0 Å². The van der Waals surface area contributed by atoms with Crippen molar-refractivity contribution in [2.45, 2.75) is 13.8 Å². The zero-order valence-corrected chi connectivity index (χ0v) is 7.37. The van der Waals surface area contributed by atoms with E-state index in [1.807, 2.05) is 6.92 Å². The van der Waals surface area contributed by atoms with Gasteiger partial charge in [0.15, 0.2) is 0 Å². The Kier molecular flexibility index (Phi) is 4.53. The molecule has 1 amide bonds. The molecule has 0 aliphatic heterocycles. The predicted molar refractivity (Wildman–Crippen MR) is 50.0 cm³/mol. The minimum absolute atomic E-state index is 0.343. The topological polar surface area (TPSA) is 69.1 Å². The molecule has 0 aromatic heterocycles. The van der Waals surface area contributed by atoms with Gasteiger partial charge in [-0.25, -0.2) is 0 Å². The van der Waals surface area contributed by atoms with Gasteiger partial charge in [-0.3, -0.25) is 4.79 Å². The second-order valence-corrected chi connectivity index (χ2v) is 2.23. The van der Waals surface area contributed by atoms with Gasteiger partial charge in [0, 0.05) is 5.70 Å². The zero-order chi connectivity index (χ0) is 9.56. The van der Waals surface area contributed by atoms with Crippen LogP contribution in [0.1, 0.15) is 13.8 Å². The SMILES string of the molecule is C\C=C/C(N)=C(\C=C/C)C(N)=O. The normalized spacial score (nSPS) is 13.8. The minimum Gasteiger partial charge on any atom is -0.398 e. The Bertz CT molecular complexity index is 249. The van der Waals surface area contributed by atoms with Crippen molar-refractivity contribution in [3.05, 3.63) is 35.6 Å². The molecular formula is C9H14N2O. The highest BCUT2D eigenvalue weighted by Gasteiger charge is 2.02. The van der Waals surface area contributed by atoms with Crippen LogP contribution in [0.3, 0.4) is 0 Å². The van der Waals surface area contributed by atoms with Crippen molar-refractivity contribution in [2.75, 3.05) is 0 Å². The molecule has 12 heavy (non-hydrogen) atoms. The second-order valence-electron chi connectivity index (χ2n) is 2.23. The van der Waals surface area contributed by atoms with Gasteiger partial charge in [0.1, 0.15) is 0 Å². The van der Waals surface area contributed by atoms with Crippen LogP contribution in [0.4, 0.5) is 0 Å². The van der Waals surface area contributed by atoms with E-state index in [1.165, 1.54) is 0 Å². The molecule has 0 saturated heterocycles. The molecule has 66 valence electrons. The third kappa shape index (κ3) is 3.05. The number of amides is 1. The van der Waals surface area contributed by atoms with Crippen LogP contribution < -0.4 is 11.5 Å². The third-order valence-corrected chi connectivity index (χ3v) is 1.26. The van der Waals surface area contributed by atoms with Crippen molar-refractivity contribution in [1.82, 2.24) is 0 Å². The standard InChI is InChI=1S/C9H14N2O/c1-3-5-7(9(11)12)8(10)6-4-2/h3-6H,10H2,1-2H3,(H2,11,12)/b5-3-,6-4-,8-7-. The quantitative estimate of drug-likeness (QED) is 0.481. The first-order valence-corrected chi connectivity index (χ1v) is 3.68. The molecule has 0 unspecified atom stereocenters. The number of hydrogen-bond acceptors (Lipinski definition) is 2. The van der Waals surface area contributed by atoms with Crippen LogP contribution in [-0.4, -0.2) is 5.91 Å². The van der Waals surface area contributed by atoms with Crippen molar-refractivity contribution in [3.63, 3.8) is 0 Å². The Balaban J connectivity index is 4.93. The summed E-state index contributed by atoms with van der Waals surface area (Å²) in [5, 5.41) is 0. The lowest BCUT2D eigenvalue weighted by atomic mass is 10.1. The van der Waals surface area contributed by atoms with Gasteiger partial charge in [0.05, 0.1) is 5.57 Å². The highest BCUT2D eigenvalue weighted by molar-refractivity contribution is 5.95. The maximum atomic E-state index is 10.8. The number of nitrogens with two attached hydrogens (primary N) is 2. The Labute approximate surface area is 72.4 Å². The maximum Gasteiger partial charge on any atom is 0.250 e. The average Bonchev–Trinajstić information content (AvgIpc) is 1.99. The molecule has 0 aromatic rings. The molecule has 0 heterocycles. The van der Waals surface area contributed by atoms with Crippen molar-refractivity contribution >= 4 is 5.91 Å². The fourth-order valence-corrected chi connectivity index (χ4v) is 0.757.